The lowest BCUT2D eigenvalue weighted by molar-refractivity contribution is 0.0711. The molecule has 2 fully saturated rings. The van der Waals surface area contributed by atoms with Gasteiger partial charge in [0.25, 0.3) is 5.91 Å². The van der Waals surface area contributed by atoms with E-state index in [9.17, 15) is 9.59 Å². The first-order valence-electron chi connectivity index (χ1n) is 21.3. The fourth-order valence-corrected chi connectivity index (χ4v) is 8.73. The Bertz CT molecular complexity index is 3050. The minimum Gasteiger partial charge on any atom is -0.445 e. The van der Waals surface area contributed by atoms with Crippen molar-refractivity contribution in [3.63, 3.8) is 0 Å². The largest absolute Gasteiger partial charge is 0.445 e. The second-order valence-electron chi connectivity index (χ2n) is 15.6. The highest BCUT2D eigenvalue weighted by atomic mass is 32.1. The maximum atomic E-state index is 12.6. The number of piperidine rings is 2. The maximum Gasteiger partial charge on any atom is 0.410 e. The van der Waals surface area contributed by atoms with Gasteiger partial charge >= 0.3 is 6.09 Å². The first-order chi connectivity index (χ1) is 31.9. The fourth-order valence-electron chi connectivity index (χ4n) is 8.10. The van der Waals surface area contributed by atoms with Gasteiger partial charge in [0.15, 0.2) is 11.6 Å². The van der Waals surface area contributed by atoms with Gasteiger partial charge in [0.1, 0.15) is 40.7 Å². The van der Waals surface area contributed by atoms with E-state index in [2.05, 4.69) is 43.6 Å². The number of carbonyl (C=O) groups is 2. The van der Waals surface area contributed by atoms with Crippen LogP contribution in [0.3, 0.4) is 0 Å². The summed E-state index contributed by atoms with van der Waals surface area (Å²) in [6.07, 6.45) is 16.9. The van der Waals surface area contributed by atoms with E-state index in [4.69, 9.17) is 26.2 Å². The second kappa shape index (κ2) is 19.5. The highest BCUT2D eigenvalue weighted by molar-refractivity contribution is 7.08. The number of nitrogens with zero attached hydrogens (tertiary/aromatic N) is 10. The third-order valence-corrected chi connectivity index (χ3v) is 12.1. The van der Waals surface area contributed by atoms with Crippen LogP contribution in [0.15, 0.2) is 121 Å². The van der Waals surface area contributed by atoms with Gasteiger partial charge in [-0.15, -0.1) is 0 Å². The van der Waals surface area contributed by atoms with Gasteiger partial charge in [-0.05, 0) is 78.8 Å². The Morgan fingerprint density at radius 3 is 1.69 bits per heavy atom. The summed E-state index contributed by atoms with van der Waals surface area (Å²) in [6.45, 7) is 2.88. The molecule has 15 nitrogen and oxygen atoms in total. The molecule has 324 valence electrons. The fraction of sp³-hybridized carbons (Fsp3) is 0.224. The number of pyridine rings is 2. The van der Waals surface area contributed by atoms with Crippen LogP contribution in [0.1, 0.15) is 87.6 Å². The molecular formula is C49H44N12O3S. The minimum atomic E-state index is -0.285. The van der Waals surface area contributed by atoms with E-state index >= 15 is 0 Å². The molecule has 2 aliphatic rings. The standard InChI is InChI=1S/C26H24N6O2.C23H20N6OS/c27-24-23-22(9-8-19-7-4-12-28-17-19)30-25(32(23)16-13-29-24)21-10-14-31(15-11-21)26(33)34-18-20-5-2-1-3-6-20;24-21-20-19(4-3-16-2-1-8-25-14-16)27-22(29(20)12-9-26-21)17-5-10-28(11-6-17)23(30)18-7-13-31-15-18/h1-7,12-13,16-17,21H,10-11,14-15,18H2,(H2,27,29);1-2,7-9,12-15,17H,5-6,10-11H2,(H2,24,26). The van der Waals surface area contributed by atoms with Crippen molar-refractivity contribution < 1.29 is 14.3 Å². The van der Waals surface area contributed by atoms with E-state index in [-0.39, 0.29) is 30.4 Å². The first-order valence-corrected chi connectivity index (χ1v) is 22.2. The number of benzene rings is 1. The number of hydrogen-bond acceptors (Lipinski definition) is 12. The zero-order valence-corrected chi connectivity index (χ0v) is 36.1. The third-order valence-electron chi connectivity index (χ3n) is 11.4. The van der Waals surface area contributed by atoms with Crippen LogP contribution in [0.4, 0.5) is 16.4 Å². The van der Waals surface area contributed by atoms with Crippen molar-refractivity contribution in [1.29, 1.82) is 0 Å². The van der Waals surface area contributed by atoms with Crippen LogP contribution in [0.2, 0.25) is 0 Å². The summed E-state index contributed by atoms with van der Waals surface area (Å²) in [5, 5.41) is 3.84. The number of aromatic nitrogens is 8. The number of amides is 2. The molecule has 1 aromatic carbocycles. The average molecular weight is 881 g/mol. The van der Waals surface area contributed by atoms with Crippen molar-refractivity contribution in [2.24, 2.45) is 0 Å². The number of hydrogen-bond donors (Lipinski definition) is 2. The lowest BCUT2D eigenvalue weighted by Crippen LogP contribution is -2.38. The first kappa shape index (κ1) is 42.2. The summed E-state index contributed by atoms with van der Waals surface area (Å²) in [4.78, 5) is 55.2. The SMILES string of the molecule is Nc1nccn2c(C3CCN(C(=O)OCc4ccccc4)CC3)nc(C#Cc3cccnc3)c12.Nc1nccn2c(C3CCN(C(=O)c4ccsc4)CC3)nc(C#Cc3cccnc3)c12. The number of carbonyl (C=O) groups excluding carboxylic acids is 2. The molecule has 7 aromatic heterocycles. The van der Waals surface area contributed by atoms with Gasteiger partial charge in [-0.2, -0.15) is 11.3 Å². The van der Waals surface area contributed by atoms with Crippen LogP contribution in [0.25, 0.3) is 11.0 Å². The number of anilines is 2. The number of nitrogen functional groups attached to an aromatic ring is 2. The van der Waals surface area contributed by atoms with Crippen molar-refractivity contribution >= 4 is 46.0 Å². The molecule has 0 unspecified atom stereocenters. The summed E-state index contributed by atoms with van der Waals surface area (Å²) in [5.74, 6) is 15.6. The molecule has 8 aromatic rings. The van der Waals surface area contributed by atoms with E-state index in [0.29, 0.717) is 54.7 Å². The van der Waals surface area contributed by atoms with Gasteiger partial charge < -0.3 is 26.0 Å². The molecule has 0 bridgehead atoms. The molecule has 0 atom stereocenters. The van der Waals surface area contributed by atoms with Gasteiger partial charge in [0.05, 0.1) is 5.56 Å². The average Bonchev–Trinajstić information content (AvgIpc) is 4.13. The predicted octanol–water partition coefficient (Wildman–Crippen LogP) is 6.81. The number of imidazole rings is 2. The third kappa shape index (κ3) is 9.63. The van der Waals surface area contributed by atoms with E-state index in [1.807, 2.05) is 97.5 Å². The molecule has 4 N–H and O–H groups in total. The predicted molar refractivity (Wildman–Crippen MR) is 248 cm³/mol. The van der Waals surface area contributed by atoms with Gasteiger partial charge in [0, 0.05) is 104 Å². The smallest absolute Gasteiger partial charge is 0.410 e. The molecule has 16 heteroatoms. The Labute approximate surface area is 379 Å². The van der Waals surface area contributed by atoms with Crippen molar-refractivity contribution in [3.8, 4) is 23.7 Å². The topological polar surface area (TPSA) is 188 Å². The number of fused-ring (bicyclic) bond motifs is 2. The molecule has 9 heterocycles. The maximum absolute atomic E-state index is 12.6. The van der Waals surface area contributed by atoms with Crippen molar-refractivity contribution in [2.75, 3.05) is 37.6 Å². The summed E-state index contributed by atoms with van der Waals surface area (Å²) in [6, 6.07) is 19.1. The number of ether oxygens (including phenoxy) is 1. The van der Waals surface area contributed by atoms with Crippen LogP contribution in [0, 0.1) is 23.7 Å². The Kier molecular flexibility index (Phi) is 12.7. The lowest BCUT2D eigenvalue weighted by atomic mass is 9.95. The summed E-state index contributed by atoms with van der Waals surface area (Å²) in [7, 11) is 0. The lowest BCUT2D eigenvalue weighted by Gasteiger charge is -2.31. The van der Waals surface area contributed by atoms with Crippen molar-refractivity contribution in [1.82, 2.24) is 48.5 Å². The van der Waals surface area contributed by atoms with Crippen LogP contribution in [-0.4, -0.2) is 86.7 Å². The number of thiophene rings is 1. The number of likely N-dealkylation sites (tertiary alicyclic amines) is 2. The van der Waals surface area contributed by atoms with Gasteiger partial charge in [-0.25, -0.2) is 24.7 Å². The number of nitrogens with two attached hydrogens (primary N) is 2. The zero-order chi connectivity index (χ0) is 44.5. The Hall–Kier alpha value is -8.08. The molecule has 10 rings (SSSR count). The number of rotatable bonds is 5. The highest BCUT2D eigenvalue weighted by Gasteiger charge is 2.30. The van der Waals surface area contributed by atoms with Crippen LogP contribution in [-0.2, 0) is 11.3 Å². The monoisotopic (exact) mass is 880 g/mol. The molecule has 2 amide bonds. The van der Waals surface area contributed by atoms with Crippen LogP contribution >= 0.6 is 11.3 Å². The Morgan fingerprint density at radius 1 is 0.662 bits per heavy atom. The summed E-state index contributed by atoms with van der Waals surface area (Å²) < 4.78 is 9.46. The van der Waals surface area contributed by atoms with E-state index < -0.39 is 0 Å². The van der Waals surface area contributed by atoms with Gasteiger partial charge in [-0.3, -0.25) is 23.6 Å². The molecular weight excluding hydrogens is 837 g/mol. The molecule has 2 aliphatic heterocycles. The normalized spacial score (nSPS) is 14.2. The Balaban J connectivity index is 0.000000165. The molecule has 0 aliphatic carbocycles. The van der Waals surface area contributed by atoms with E-state index in [0.717, 1.165) is 65.1 Å². The molecule has 65 heavy (non-hydrogen) atoms. The summed E-state index contributed by atoms with van der Waals surface area (Å²) in [5.41, 5.74) is 18.4. The molecule has 2 saturated heterocycles. The van der Waals surface area contributed by atoms with Gasteiger partial charge in [0.2, 0.25) is 0 Å². The second-order valence-corrected chi connectivity index (χ2v) is 16.3. The molecule has 0 saturated carbocycles. The quantitative estimate of drug-likeness (QED) is 0.173. The molecule has 0 radical (unpaired) electrons. The van der Waals surface area contributed by atoms with Crippen LogP contribution < -0.4 is 11.5 Å². The minimum absolute atomic E-state index is 0.101. The van der Waals surface area contributed by atoms with Crippen LogP contribution in [0.5, 0.6) is 0 Å². The zero-order valence-electron chi connectivity index (χ0n) is 35.3. The van der Waals surface area contributed by atoms with Gasteiger partial charge in [-0.1, -0.05) is 42.2 Å². The van der Waals surface area contributed by atoms with Crippen molar-refractivity contribution in [2.45, 2.75) is 44.1 Å². The van der Waals surface area contributed by atoms with E-state index in [1.165, 1.54) is 0 Å². The summed E-state index contributed by atoms with van der Waals surface area (Å²) >= 11 is 1.54. The Morgan fingerprint density at radius 2 is 1.20 bits per heavy atom. The van der Waals surface area contributed by atoms with E-state index in [1.54, 1.807) is 53.4 Å². The van der Waals surface area contributed by atoms with Crippen molar-refractivity contribution in [3.05, 3.63) is 166 Å². The highest BCUT2D eigenvalue weighted by Crippen LogP contribution is 2.32. The molecule has 0 spiro atoms.